The van der Waals surface area contributed by atoms with Crippen LogP contribution in [0.15, 0.2) is 24.3 Å². The first kappa shape index (κ1) is 16.0. The maximum Gasteiger partial charge on any atom is 0.119 e. The van der Waals surface area contributed by atoms with Gasteiger partial charge in [0.15, 0.2) is 0 Å². The minimum absolute atomic E-state index is 0.265. The minimum atomic E-state index is 0.265. The van der Waals surface area contributed by atoms with Gasteiger partial charge in [-0.15, -0.1) is 0 Å². The number of ether oxygens (including phenoxy) is 2. The van der Waals surface area contributed by atoms with Crippen molar-refractivity contribution < 1.29 is 9.47 Å². The van der Waals surface area contributed by atoms with Crippen molar-refractivity contribution in [2.45, 2.75) is 46.3 Å². The third-order valence-corrected chi connectivity index (χ3v) is 2.90. The summed E-state index contributed by atoms with van der Waals surface area (Å²) in [5, 5.41) is 3.39. The highest BCUT2D eigenvalue weighted by Gasteiger charge is 2.00. The van der Waals surface area contributed by atoms with Gasteiger partial charge in [-0.1, -0.05) is 25.5 Å². The SMILES string of the molecule is CCCCOc1ccc(CNCC(C)OCC)cc1. The Kier molecular flexibility index (Phi) is 8.26. The molecule has 1 unspecified atom stereocenters. The quantitative estimate of drug-likeness (QED) is 0.658. The largest absolute Gasteiger partial charge is 0.494 e. The van der Waals surface area contributed by atoms with Crippen molar-refractivity contribution in [3.05, 3.63) is 29.8 Å². The molecule has 0 aliphatic rings. The Labute approximate surface area is 117 Å². The van der Waals surface area contributed by atoms with Gasteiger partial charge in [-0.2, -0.15) is 0 Å². The first-order chi connectivity index (χ1) is 9.26. The summed E-state index contributed by atoms with van der Waals surface area (Å²) in [7, 11) is 0. The van der Waals surface area contributed by atoms with Crippen molar-refractivity contribution in [1.82, 2.24) is 5.32 Å². The Balaban J connectivity index is 2.24. The van der Waals surface area contributed by atoms with Crippen LogP contribution in [0, 0.1) is 0 Å². The summed E-state index contributed by atoms with van der Waals surface area (Å²) in [6, 6.07) is 8.30. The number of unbranched alkanes of at least 4 members (excludes halogenated alkanes) is 1. The standard InChI is InChI=1S/C16H27NO2/c1-4-6-11-19-16-9-7-15(8-10-16)13-17-12-14(3)18-5-2/h7-10,14,17H,4-6,11-13H2,1-3H3. The Morgan fingerprint density at radius 2 is 1.89 bits per heavy atom. The van der Waals surface area contributed by atoms with Crippen molar-refractivity contribution in [3.63, 3.8) is 0 Å². The molecule has 1 aromatic carbocycles. The van der Waals surface area contributed by atoms with Gasteiger partial charge >= 0.3 is 0 Å². The second-order valence-corrected chi connectivity index (χ2v) is 4.74. The Bertz CT molecular complexity index is 324. The molecule has 0 fully saturated rings. The summed E-state index contributed by atoms with van der Waals surface area (Å²) in [5.41, 5.74) is 1.27. The molecule has 0 aliphatic heterocycles. The number of nitrogens with one attached hydrogen (secondary N) is 1. The van der Waals surface area contributed by atoms with E-state index in [2.05, 4.69) is 31.3 Å². The van der Waals surface area contributed by atoms with Gasteiger partial charge in [0.2, 0.25) is 0 Å². The van der Waals surface area contributed by atoms with E-state index in [0.717, 1.165) is 38.5 Å². The van der Waals surface area contributed by atoms with Crippen LogP contribution >= 0.6 is 0 Å². The topological polar surface area (TPSA) is 30.5 Å². The van der Waals surface area contributed by atoms with E-state index in [4.69, 9.17) is 9.47 Å². The lowest BCUT2D eigenvalue weighted by Gasteiger charge is -2.12. The molecule has 3 nitrogen and oxygen atoms in total. The summed E-state index contributed by atoms with van der Waals surface area (Å²) >= 11 is 0. The molecule has 0 amide bonds. The van der Waals surface area contributed by atoms with Crippen LogP contribution in [-0.2, 0) is 11.3 Å². The van der Waals surface area contributed by atoms with E-state index in [0.29, 0.717) is 0 Å². The van der Waals surface area contributed by atoms with E-state index in [-0.39, 0.29) is 6.10 Å². The van der Waals surface area contributed by atoms with Gasteiger partial charge in [0.25, 0.3) is 0 Å². The second kappa shape index (κ2) is 9.82. The van der Waals surface area contributed by atoms with E-state index < -0.39 is 0 Å². The first-order valence-corrected chi connectivity index (χ1v) is 7.30. The zero-order valence-corrected chi connectivity index (χ0v) is 12.4. The predicted octanol–water partition coefficient (Wildman–Crippen LogP) is 3.38. The molecule has 0 spiro atoms. The fourth-order valence-electron chi connectivity index (χ4n) is 1.80. The Hall–Kier alpha value is -1.06. The number of rotatable bonds is 10. The fourth-order valence-corrected chi connectivity index (χ4v) is 1.80. The normalized spacial score (nSPS) is 12.4. The third-order valence-electron chi connectivity index (χ3n) is 2.90. The van der Waals surface area contributed by atoms with Crippen LogP contribution in [-0.4, -0.2) is 25.9 Å². The molecule has 0 aromatic heterocycles. The van der Waals surface area contributed by atoms with Crippen LogP contribution in [0.4, 0.5) is 0 Å². The van der Waals surface area contributed by atoms with Crippen molar-refractivity contribution in [3.8, 4) is 5.75 Å². The molecular weight excluding hydrogens is 238 g/mol. The van der Waals surface area contributed by atoms with Gasteiger partial charge < -0.3 is 14.8 Å². The molecule has 0 aliphatic carbocycles. The van der Waals surface area contributed by atoms with Crippen LogP contribution < -0.4 is 10.1 Å². The highest BCUT2D eigenvalue weighted by Crippen LogP contribution is 2.12. The van der Waals surface area contributed by atoms with E-state index in [9.17, 15) is 0 Å². The zero-order valence-electron chi connectivity index (χ0n) is 12.4. The molecule has 0 heterocycles. The van der Waals surface area contributed by atoms with E-state index >= 15 is 0 Å². The molecular formula is C16H27NO2. The lowest BCUT2D eigenvalue weighted by Crippen LogP contribution is -2.26. The second-order valence-electron chi connectivity index (χ2n) is 4.74. The third kappa shape index (κ3) is 7.19. The van der Waals surface area contributed by atoms with E-state index in [1.807, 2.05) is 19.1 Å². The molecule has 0 bridgehead atoms. The molecule has 1 atom stereocenters. The van der Waals surface area contributed by atoms with Crippen LogP contribution in [0.3, 0.4) is 0 Å². The molecule has 0 saturated heterocycles. The number of benzene rings is 1. The fraction of sp³-hybridized carbons (Fsp3) is 0.625. The summed E-state index contributed by atoms with van der Waals surface area (Å²) in [5.74, 6) is 0.958. The first-order valence-electron chi connectivity index (χ1n) is 7.30. The molecule has 19 heavy (non-hydrogen) atoms. The Morgan fingerprint density at radius 1 is 1.16 bits per heavy atom. The van der Waals surface area contributed by atoms with Gasteiger partial charge in [0.05, 0.1) is 12.7 Å². The predicted molar refractivity (Wildman–Crippen MR) is 79.6 cm³/mol. The van der Waals surface area contributed by atoms with Crippen molar-refractivity contribution in [1.29, 1.82) is 0 Å². The highest BCUT2D eigenvalue weighted by molar-refractivity contribution is 5.27. The number of hydrogen-bond donors (Lipinski definition) is 1. The lowest BCUT2D eigenvalue weighted by atomic mass is 10.2. The van der Waals surface area contributed by atoms with Gasteiger partial charge in [0, 0.05) is 19.7 Å². The highest BCUT2D eigenvalue weighted by atomic mass is 16.5. The average Bonchev–Trinajstić information content (AvgIpc) is 2.41. The molecule has 1 N–H and O–H groups in total. The smallest absolute Gasteiger partial charge is 0.119 e. The van der Waals surface area contributed by atoms with Gasteiger partial charge in [0.1, 0.15) is 5.75 Å². The van der Waals surface area contributed by atoms with Crippen LogP contribution in [0.5, 0.6) is 5.75 Å². The van der Waals surface area contributed by atoms with E-state index in [1.165, 1.54) is 12.0 Å². The molecule has 0 radical (unpaired) electrons. The molecule has 0 saturated carbocycles. The summed E-state index contributed by atoms with van der Waals surface area (Å²) in [4.78, 5) is 0. The van der Waals surface area contributed by atoms with Crippen LogP contribution in [0.1, 0.15) is 39.2 Å². The average molecular weight is 265 g/mol. The van der Waals surface area contributed by atoms with Crippen LogP contribution in [0.2, 0.25) is 0 Å². The molecule has 1 aromatic rings. The van der Waals surface area contributed by atoms with Crippen molar-refractivity contribution >= 4 is 0 Å². The van der Waals surface area contributed by atoms with Crippen molar-refractivity contribution in [2.24, 2.45) is 0 Å². The zero-order chi connectivity index (χ0) is 13.9. The monoisotopic (exact) mass is 265 g/mol. The van der Waals surface area contributed by atoms with Gasteiger partial charge in [-0.3, -0.25) is 0 Å². The Morgan fingerprint density at radius 3 is 2.53 bits per heavy atom. The van der Waals surface area contributed by atoms with Crippen molar-refractivity contribution in [2.75, 3.05) is 19.8 Å². The lowest BCUT2D eigenvalue weighted by molar-refractivity contribution is 0.0759. The number of hydrogen-bond acceptors (Lipinski definition) is 3. The summed E-state index contributed by atoms with van der Waals surface area (Å²) < 4.78 is 11.1. The van der Waals surface area contributed by atoms with Gasteiger partial charge in [-0.05, 0) is 38.0 Å². The minimum Gasteiger partial charge on any atom is -0.494 e. The summed E-state index contributed by atoms with van der Waals surface area (Å²) in [6.07, 6.45) is 2.54. The van der Waals surface area contributed by atoms with Gasteiger partial charge in [-0.25, -0.2) is 0 Å². The molecule has 108 valence electrons. The maximum absolute atomic E-state index is 5.64. The summed E-state index contributed by atoms with van der Waals surface area (Å²) in [6.45, 7) is 9.60. The maximum atomic E-state index is 5.64. The van der Waals surface area contributed by atoms with E-state index in [1.54, 1.807) is 0 Å². The van der Waals surface area contributed by atoms with Crippen LogP contribution in [0.25, 0.3) is 0 Å². The molecule has 3 heteroatoms. The molecule has 1 rings (SSSR count).